The van der Waals surface area contributed by atoms with Gasteiger partial charge in [-0.1, -0.05) is 25.6 Å². The maximum atomic E-state index is 11.2. The van der Waals surface area contributed by atoms with Crippen LogP contribution >= 0.6 is 11.8 Å². The van der Waals surface area contributed by atoms with Crippen molar-refractivity contribution < 1.29 is 4.79 Å². The molecular weight excluding hydrogens is 256 g/mol. The Hall–Kier alpha value is -1.29. The second-order valence-electron chi connectivity index (χ2n) is 5.29. The van der Waals surface area contributed by atoms with Crippen molar-refractivity contribution in [3.05, 3.63) is 29.8 Å². The molecule has 1 heterocycles. The minimum absolute atomic E-state index is 0.0936. The number of amidine groups is 1. The van der Waals surface area contributed by atoms with E-state index in [1.165, 1.54) is 0 Å². The third-order valence-corrected chi connectivity index (χ3v) is 4.03. The molecule has 0 saturated carbocycles. The van der Waals surface area contributed by atoms with Crippen LogP contribution in [-0.4, -0.2) is 22.7 Å². The van der Waals surface area contributed by atoms with Gasteiger partial charge in [-0.3, -0.25) is 9.79 Å². The average molecular weight is 276 g/mol. The Morgan fingerprint density at radius 2 is 2.11 bits per heavy atom. The topological polar surface area (TPSA) is 41.5 Å². The Labute approximate surface area is 118 Å². The van der Waals surface area contributed by atoms with E-state index in [1.807, 2.05) is 24.3 Å². The standard InChI is InChI=1S/C15H20N2OS/c1-10(2)8-14-9-19-15(17-14)16-13-6-4-12(5-7-13)11(3)18/h4-7,10,14H,8-9H2,1-3H3,(H,16,17). The lowest BCUT2D eigenvalue weighted by Gasteiger charge is -2.07. The SMILES string of the molecule is CC(=O)c1ccc(NC2=NC(CC(C)C)CS2)cc1. The highest BCUT2D eigenvalue weighted by molar-refractivity contribution is 8.14. The number of carbonyl (C=O) groups excluding carboxylic acids is 1. The highest BCUT2D eigenvalue weighted by Crippen LogP contribution is 2.24. The van der Waals surface area contributed by atoms with Crippen LogP contribution in [0.2, 0.25) is 0 Å². The molecule has 0 spiro atoms. The van der Waals surface area contributed by atoms with Crippen LogP contribution < -0.4 is 5.32 Å². The smallest absolute Gasteiger partial charge is 0.161 e. The van der Waals surface area contributed by atoms with Crippen molar-refractivity contribution in [3.63, 3.8) is 0 Å². The van der Waals surface area contributed by atoms with Crippen LogP contribution in [0, 0.1) is 5.92 Å². The number of nitrogens with zero attached hydrogens (tertiary/aromatic N) is 1. The summed E-state index contributed by atoms with van der Waals surface area (Å²) in [6, 6.07) is 7.97. The van der Waals surface area contributed by atoms with E-state index < -0.39 is 0 Å². The minimum atomic E-state index is 0.0936. The molecule has 0 fully saturated rings. The number of nitrogens with one attached hydrogen (secondary N) is 1. The van der Waals surface area contributed by atoms with E-state index in [4.69, 9.17) is 0 Å². The van der Waals surface area contributed by atoms with Crippen molar-refractivity contribution in [2.24, 2.45) is 10.9 Å². The number of ketones is 1. The first-order valence-corrected chi connectivity index (χ1v) is 7.62. The largest absolute Gasteiger partial charge is 0.335 e. The van der Waals surface area contributed by atoms with Gasteiger partial charge >= 0.3 is 0 Å². The van der Waals surface area contributed by atoms with E-state index in [1.54, 1.807) is 18.7 Å². The molecule has 1 aliphatic heterocycles. The lowest BCUT2D eigenvalue weighted by molar-refractivity contribution is 0.101. The normalized spacial score (nSPS) is 18.5. The Balaban J connectivity index is 1.96. The molecular formula is C15H20N2OS. The molecule has 0 amide bonds. The first-order chi connectivity index (χ1) is 9.04. The van der Waals surface area contributed by atoms with E-state index in [-0.39, 0.29) is 5.78 Å². The van der Waals surface area contributed by atoms with Gasteiger partial charge in [-0.25, -0.2) is 0 Å². The summed E-state index contributed by atoms with van der Waals surface area (Å²) in [5.74, 6) is 1.84. The second-order valence-corrected chi connectivity index (χ2v) is 6.30. The van der Waals surface area contributed by atoms with Crippen LogP contribution in [0.15, 0.2) is 29.3 Å². The van der Waals surface area contributed by atoms with Crippen molar-refractivity contribution in [2.75, 3.05) is 11.1 Å². The first-order valence-electron chi connectivity index (χ1n) is 6.63. The Bertz CT molecular complexity index is 479. The monoisotopic (exact) mass is 276 g/mol. The van der Waals surface area contributed by atoms with Gasteiger partial charge in [-0.05, 0) is 43.5 Å². The van der Waals surface area contributed by atoms with Crippen LogP contribution in [0.5, 0.6) is 0 Å². The summed E-state index contributed by atoms with van der Waals surface area (Å²) < 4.78 is 0. The highest BCUT2D eigenvalue weighted by atomic mass is 32.2. The van der Waals surface area contributed by atoms with Gasteiger partial charge in [-0.2, -0.15) is 0 Å². The second kappa shape index (κ2) is 6.24. The van der Waals surface area contributed by atoms with Gasteiger partial charge < -0.3 is 5.32 Å². The van der Waals surface area contributed by atoms with Crippen LogP contribution in [0.25, 0.3) is 0 Å². The van der Waals surface area contributed by atoms with Gasteiger partial charge in [0.25, 0.3) is 0 Å². The van der Waals surface area contributed by atoms with Crippen LogP contribution in [0.3, 0.4) is 0 Å². The van der Waals surface area contributed by atoms with Crippen molar-refractivity contribution in [1.82, 2.24) is 0 Å². The van der Waals surface area contributed by atoms with E-state index in [2.05, 4.69) is 24.2 Å². The zero-order valence-corrected chi connectivity index (χ0v) is 12.5. The quantitative estimate of drug-likeness (QED) is 0.850. The summed E-state index contributed by atoms with van der Waals surface area (Å²) >= 11 is 1.77. The van der Waals surface area contributed by atoms with E-state index >= 15 is 0 Å². The molecule has 0 bridgehead atoms. The fourth-order valence-corrected chi connectivity index (χ4v) is 3.03. The molecule has 1 aliphatic rings. The molecule has 102 valence electrons. The third kappa shape index (κ3) is 4.10. The predicted octanol–water partition coefficient (Wildman–Crippen LogP) is 3.82. The van der Waals surface area contributed by atoms with E-state index in [0.29, 0.717) is 12.0 Å². The molecule has 1 N–H and O–H groups in total. The Kier molecular flexibility index (Phi) is 4.64. The number of anilines is 1. The summed E-state index contributed by atoms with van der Waals surface area (Å²) in [6.45, 7) is 6.04. The number of carbonyl (C=O) groups is 1. The summed E-state index contributed by atoms with van der Waals surface area (Å²) in [4.78, 5) is 15.9. The molecule has 1 atom stereocenters. The van der Waals surface area contributed by atoms with Gasteiger partial charge in [0.15, 0.2) is 11.0 Å². The first kappa shape index (κ1) is 14.1. The molecule has 0 radical (unpaired) electrons. The lowest BCUT2D eigenvalue weighted by atomic mass is 10.1. The van der Waals surface area contributed by atoms with Crippen LogP contribution in [-0.2, 0) is 0 Å². The zero-order chi connectivity index (χ0) is 13.8. The summed E-state index contributed by atoms with van der Waals surface area (Å²) in [6.07, 6.45) is 1.14. The van der Waals surface area contributed by atoms with Crippen molar-refractivity contribution in [1.29, 1.82) is 0 Å². The maximum absolute atomic E-state index is 11.2. The van der Waals surface area contributed by atoms with Crippen molar-refractivity contribution in [2.45, 2.75) is 33.2 Å². The molecule has 2 rings (SSSR count). The lowest BCUT2D eigenvalue weighted by Crippen LogP contribution is -2.08. The van der Waals surface area contributed by atoms with Gasteiger partial charge in [-0.15, -0.1) is 0 Å². The fourth-order valence-electron chi connectivity index (χ4n) is 2.06. The Morgan fingerprint density at radius 3 is 2.68 bits per heavy atom. The molecule has 0 aliphatic carbocycles. The fraction of sp³-hybridized carbons (Fsp3) is 0.467. The van der Waals surface area contributed by atoms with E-state index in [0.717, 1.165) is 28.6 Å². The highest BCUT2D eigenvalue weighted by Gasteiger charge is 2.19. The molecule has 1 aromatic rings. The number of hydrogen-bond donors (Lipinski definition) is 1. The van der Waals surface area contributed by atoms with Gasteiger partial charge in [0.2, 0.25) is 0 Å². The van der Waals surface area contributed by atoms with Crippen LogP contribution in [0.4, 0.5) is 5.69 Å². The summed E-state index contributed by atoms with van der Waals surface area (Å²) in [5, 5.41) is 4.30. The predicted molar refractivity (Wildman–Crippen MR) is 83.2 cm³/mol. The number of aliphatic imine (C=N–C) groups is 1. The number of benzene rings is 1. The minimum Gasteiger partial charge on any atom is -0.335 e. The molecule has 0 aromatic heterocycles. The van der Waals surface area contributed by atoms with E-state index in [9.17, 15) is 4.79 Å². The van der Waals surface area contributed by atoms with Gasteiger partial charge in [0.1, 0.15) is 0 Å². The van der Waals surface area contributed by atoms with Crippen LogP contribution in [0.1, 0.15) is 37.6 Å². The van der Waals surface area contributed by atoms with Crippen molar-refractivity contribution >= 4 is 28.4 Å². The molecule has 4 heteroatoms. The molecule has 0 saturated heterocycles. The number of rotatable bonds is 4. The average Bonchev–Trinajstić information content (AvgIpc) is 2.76. The summed E-state index contributed by atoms with van der Waals surface area (Å²) in [7, 11) is 0. The number of thioether (sulfide) groups is 1. The summed E-state index contributed by atoms with van der Waals surface area (Å²) in [5.41, 5.74) is 1.73. The molecule has 1 aromatic carbocycles. The zero-order valence-electron chi connectivity index (χ0n) is 11.6. The van der Waals surface area contributed by atoms with Crippen molar-refractivity contribution in [3.8, 4) is 0 Å². The third-order valence-electron chi connectivity index (χ3n) is 3.00. The Morgan fingerprint density at radius 1 is 1.42 bits per heavy atom. The molecule has 1 unspecified atom stereocenters. The number of Topliss-reactive ketones (excluding diaryl/α,β-unsaturated/α-hetero) is 1. The van der Waals surface area contributed by atoms with Gasteiger partial charge in [0, 0.05) is 17.0 Å². The molecule has 19 heavy (non-hydrogen) atoms. The molecule has 3 nitrogen and oxygen atoms in total. The van der Waals surface area contributed by atoms with Gasteiger partial charge in [0.05, 0.1) is 6.04 Å². The number of hydrogen-bond acceptors (Lipinski definition) is 4. The maximum Gasteiger partial charge on any atom is 0.161 e.